The minimum atomic E-state index is -0.394. The van der Waals surface area contributed by atoms with Gasteiger partial charge in [0.1, 0.15) is 24.0 Å². The Morgan fingerprint density at radius 2 is 1.93 bits per heavy atom. The molecule has 0 bridgehead atoms. The molecule has 0 spiro atoms. The van der Waals surface area contributed by atoms with E-state index in [0.717, 1.165) is 16.0 Å². The highest BCUT2D eigenvalue weighted by Gasteiger charge is 2.09. The number of nitrogens with zero attached hydrogens (tertiary/aromatic N) is 1. The van der Waals surface area contributed by atoms with Crippen LogP contribution in [0.5, 0.6) is 5.75 Å². The van der Waals surface area contributed by atoms with Crippen LogP contribution in [0.1, 0.15) is 16.0 Å². The highest BCUT2D eigenvalue weighted by atomic mass is 35.5. The van der Waals surface area contributed by atoms with Crippen LogP contribution < -0.4 is 10.1 Å². The number of carbonyl (C=O) groups is 1. The fourth-order valence-electron chi connectivity index (χ4n) is 2.43. The molecule has 0 aliphatic carbocycles. The first kappa shape index (κ1) is 19.7. The Bertz CT molecular complexity index is 1010. The number of thiophene rings is 1. The second kappa shape index (κ2) is 9.75. The van der Waals surface area contributed by atoms with Gasteiger partial charge in [-0.05, 0) is 41.3 Å². The molecule has 3 rings (SSSR count). The quantitative estimate of drug-likeness (QED) is 0.431. The van der Waals surface area contributed by atoms with Crippen molar-refractivity contribution in [2.45, 2.75) is 13.2 Å². The van der Waals surface area contributed by atoms with Gasteiger partial charge >= 0.3 is 0 Å². The zero-order valence-corrected chi connectivity index (χ0v) is 16.5. The topological polar surface area (TPSA) is 62.1 Å². The molecule has 4 nitrogen and oxygen atoms in total. The minimum Gasteiger partial charge on any atom is -0.489 e. The lowest BCUT2D eigenvalue weighted by atomic mass is 10.1. The molecule has 28 heavy (non-hydrogen) atoms. The monoisotopic (exact) mass is 408 g/mol. The van der Waals surface area contributed by atoms with Gasteiger partial charge in [0.05, 0.1) is 6.54 Å². The first-order chi connectivity index (χ1) is 13.7. The number of rotatable bonds is 7. The van der Waals surface area contributed by atoms with E-state index >= 15 is 0 Å². The molecule has 0 saturated carbocycles. The highest BCUT2D eigenvalue weighted by molar-refractivity contribution is 7.09. The average Bonchev–Trinajstić information content (AvgIpc) is 3.24. The Kier molecular flexibility index (Phi) is 6.85. The van der Waals surface area contributed by atoms with Crippen molar-refractivity contribution >= 4 is 34.9 Å². The van der Waals surface area contributed by atoms with E-state index in [4.69, 9.17) is 16.3 Å². The van der Waals surface area contributed by atoms with Gasteiger partial charge in [-0.1, -0.05) is 48.0 Å². The number of benzene rings is 2. The molecule has 1 N–H and O–H groups in total. The van der Waals surface area contributed by atoms with Crippen molar-refractivity contribution in [2.75, 3.05) is 0 Å². The van der Waals surface area contributed by atoms with Crippen LogP contribution in [0, 0.1) is 11.3 Å². The van der Waals surface area contributed by atoms with Crippen molar-refractivity contribution < 1.29 is 9.53 Å². The van der Waals surface area contributed by atoms with Crippen LogP contribution in [0.15, 0.2) is 71.6 Å². The molecule has 1 aromatic heterocycles. The normalized spacial score (nSPS) is 10.9. The van der Waals surface area contributed by atoms with E-state index in [0.29, 0.717) is 23.9 Å². The molecular formula is C22H17ClN2O2S. The third kappa shape index (κ3) is 5.46. The van der Waals surface area contributed by atoms with Crippen molar-refractivity contribution in [1.29, 1.82) is 5.26 Å². The van der Waals surface area contributed by atoms with Gasteiger partial charge in [0.25, 0.3) is 5.91 Å². The molecule has 6 heteroatoms. The Labute approximate surface area is 172 Å². The Morgan fingerprint density at radius 3 is 2.61 bits per heavy atom. The Hall–Kier alpha value is -3.07. The van der Waals surface area contributed by atoms with Crippen LogP contribution in [-0.2, 0) is 17.9 Å². The van der Waals surface area contributed by atoms with E-state index in [1.807, 2.05) is 47.8 Å². The lowest BCUT2D eigenvalue weighted by Crippen LogP contribution is -2.23. The van der Waals surface area contributed by atoms with Crippen molar-refractivity contribution in [1.82, 2.24) is 5.32 Å². The van der Waals surface area contributed by atoms with Crippen molar-refractivity contribution in [3.63, 3.8) is 0 Å². The van der Waals surface area contributed by atoms with Crippen molar-refractivity contribution in [3.05, 3.63) is 92.6 Å². The largest absolute Gasteiger partial charge is 0.489 e. The third-order valence-corrected chi connectivity index (χ3v) is 5.16. The molecule has 140 valence electrons. The summed E-state index contributed by atoms with van der Waals surface area (Å²) in [7, 11) is 0. The predicted octanol–water partition coefficient (Wildman–Crippen LogP) is 5.20. The molecule has 1 amide bonds. The number of nitrogens with one attached hydrogen (secondary N) is 1. The maximum absolute atomic E-state index is 12.2. The van der Waals surface area contributed by atoms with Gasteiger partial charge in [-0.3, -0.25) is 4.79 Å². The summed E-state index contributed by atoms with van der Waals surface area (Å²) in [6, 6.07) is 20.5. The first-order valence-corrected chi connectivity index (χ1v) is 9.80. The van der Waals surface area contributed by atoms with E-state index in [2.05, 4.69) is 5.32 Å². The summed E-state index contributed by atoms with van der Waals surface area (Å²) >= 11 is 7.68. The Morgan fingerprint density at radius 1 is 1.14 bits per heavy atom. The summed E-state index contributed by atoms with van der Waals surface area (Å²) in [5.74, 6) is 0.285. The van der Waals surface area contributed by atoms with Gasteiger partial charge in [0, 0.05) is 15.5 Å². The number of hydrogen-bond donors (Lipinski definition) is 1. The highest BCUT2D eigenvalue weighted by Crippen LogP contribution is 2.20. The van der Waals surface area contributed by atoms with Crippen molar-refractivity contribution in [3.8, 4) is 11.8 Å². The molecule has 2 aromatic carbocycles. The van der Waals surface area contributed by atoms with E-state index in [1.165, 1.54) is 0 Å². The number of hydrogen-bond acceptors (Lipinski definition) is 4. The molecule has 0 unspecified atom stereocenters. The molecule has 1 heterocycles. The lowest BCUT2D eigenvalue weighted by molar-refractivity contribution is -0.117. The van der Waals surface area contributed by atoms with Gasteiger partial charge in [-0.25, -0.2) is 0 Å². The second-order valence-electron chi connectivity index (χ2n) is 5.88. The summed E-state index contributed by atoms with van der Waals surface area (Å²) in [5, 5.41) is 14.7. The van der Waals surface area contributed by atoms with Gasteiger partial charge in [0.2, 0.25) is 0 Å². The minimum absolute atomic E-state index is 0.0568. The van der Waals surface area contributed by atoms with Crippen LogP contribution in [0.3, 0.4) is 0 Å². The maximum Gasteiger partial charge on any atom is 0.262 e. The van der Waals surface area contributed by atoms with Crippen molar-refractivity contribution in [2.24, 2.45) is 0 Å². The fraction of sp³-hybridized carbons (Fsp3) is 0.0909. The van der Waals surface area contributed by atoms with Crippen LogP contribution in [0.25, 0.3) is 6.08 Å². The SMILES string of the molecule is N#C/C(=C\c1ccc(OCc2ccccc2Cl)cc1)C(=O)NCc1cccs1. The number of amides is 1. The van der Waals surface area contributed by atoms with Crippen LogP contribution in [0.2, 0.25) is 5.02 Å². The molecule has 0 aliphatic heterocycles. The molecule has 0 radical (unpaired) electrons. The van der Waals surface area contributed by atoms with Gasteiger partial charge < -0.3 is 10.1 Å². The molecular weight excluding hydrogens is 392 g/mol. The summed E-state index contributed by atoms with van der Waals surface area (Å²) < 4.78 is 5.74. The standard InChI is InChI=1S/C22H17ClN2O2S/c23-21-6-2-1-4-17(21)15-27-19-9-7-16(8-10-19)12-18(13-24)22(26)25-14-20-5-3-11-28-20/h1-12H,14-15H2,(H,25,26)/b18-12+. The fourth-order valence-corrected chi connectivity index (χ4v) is 3.26. The van der Waals surface area contributed by atoms with E-state index in [9.17, 15) is 10.1 Å². The molecule has 0 atom stereocenters. The van der Waals surface area contributed by atoms with E-state index in [1.54, 1.807) is 41.7 Å². The molecule has 0 saturated heterocycles. The summed E-state index contributed by atoms with van der Waals surface area (Å²) in [5.41, 5.74) is 1.71. The Balaban J connectivity index is 1.60. The van der Waals surface area contributed by atoms with Gasteiger partial charge in [-0.2, -0.15) is 5.26 Å². The summed E-state index contributed by atoms with van der Waals surface area (Å²) in [4.78, 5) is 13.2. The number of nitriles is 1. The van der Waals surface area contributed by atoms with Gasteiger partial charge in [-0.15, -0.1) is 11.3 Å². The second-order valence-corrected chi connectivity index (χ2v) is 7.32. The third-order valence-electron chi connectivity index (χ3n) is 3.91. The molecule has 0 fully saturated rings. The lowest BCUT2D eigenvalue weighted by Gasteiger charge is -2.08. The molecule has 3 aromatic rings. The van der Waals surface area contributed by atoms with E-state index in [-0.39, 0.29) is 5.57 Å². The predicted molar refractivity (Wildman–Crippen MR) is 112 cm³/mol. The van der Waals surface area contributed by atoms with Crippen LogP contribution >= 0.6 is 22.9 Å². The zero-order chi connectivity index (χ0) is 19.8. The number of carbonyl (C=O) groups excluding carboxylic acids is 1. The van der Waals surface area contributed by atoms with Crippen LogP contribution in [0.4, 0.5) is 0 Å². The summed E-state index contributed by atoms with van der Waals surface area (Å²) in [6.45, 7) is 0.772. The van der Waals surface area contributed by atoms with Crippen LogP contribution in [-0.4, -0.2) is 5.91 Å². The first-order valence-electron chi connectivity index (χ1n) is 8.54. The van der Waals surface area contributed by atoms with E-state index < -0.39 is 5.91 Å². The molecule has 0 aliphatic rings. The zero-order valence-electron chi connectivity index (χ0n) is 14.9. The van der Waals surface area contributed by atoms with Gasteiger partial charge in [0.15, 0.2) is 0 Å². The summed E-state index contributed by atoms with van der Waals surface area (Å²) in [6.07, 6.45) is 1.56. The smallest absolute Gasteiger partial charge is 0.262 e. The number of halogens is 1. The average molecular weight is 409 g/mol. The number of ether oxygens (including phenoxy) is 1. The maximum atomic E-state index is 12.2.